The first-order chi connectivity index (χ1) is 6.88. The maximum Gasteiger partial charge on any atom is 0.407 e. The number of alkyl carbamates (subject to hydrolysis) is 1. The van der Waals surface area contributed by atoms with Crippen LogP contribution < -0.4 is 5.32 Å². The van der Waals surface area contributed by atoms with Gasteiger partial charge in [0.05, 0.1) is 0 Å². The van der Waals surface area contributed by atoms with Gasteiger partial charge in [0.15, 0.2) is 0 Å². The van der Waals surface area contributed by atoms with Crippen molar-refractivity contribution >= 4 is 22.0 Å². The van der Waals surface area contributed by atoms with Gasteiger partial charge in [0.25, 0.3) is 0 Å². The van der Waals surface area contributed by atoms with Crippen LogP contribution in [-0.4, -0.2) is 23.1 Å². The summed E-state index contributed by atoms with van der Waals surface area (Å²) in [5.41, 5.74) is -0.409. The van der Waals surface area contributed by atoms with E-state index in [0.29, 0.717) is 17.3 Å². The third-order valence-electron chi connectivity index (χ3n) is 2.47. The van der Waals surface area contributed by atoms with E-state index in [1.54, 1.807) is 0 Å². The standard InChI is InChI=1S/C11H20BrNO2/c1-11(2,3)15-10(14)13-7-8-5-4-6-9(8)12/h8-9H,4-7H2,1-3H3,(H,13,14). The van der Waals surface area contributed by atoms with Crippen LogP contribution in [0.25, 0.3) is 0 Å². The molecule has 0 aromatic carbocycles. The van der Waals surface area contributed by atoms with E-state index in [1.165, 1.54) is 19.3 Å². The number of carbonyl (C=O) groups excluding carboxylic acids is 1. The van der Waals surface area contributed by atoms with Gasteiger partial charge in [0, 0.05) is 11.4 Å². The zero-order chi connectivity index (χ0) is 11.5. The lowest BCUT2D eigenvalue weighted by Crippen LogP contribution is -2.36. The molecule has 0 radical (unpaired) electrons. The number of rotatable bonds is 2. The van der Waals surface area contributed by atoms with Crippen molar-refractivity contribution < 1.29 is 9.53 Å². The molecule has 1 aliphatic carbocycles. The smallest absolute Gasteiger partial charge is 0.407 e. The molecular weight excluding hydrogens is 258 g/mol. The molecule has 0 saturated heterocycles. The van der Waals surface area contributed by atoms with Crippen LogP contribution in [-0.2, 0) is 4.74 Å². The SMILES string of the molecule is CC(C)(C)OC(=O)NCC1CCCC1Br. The van der Waals surface area contributed by atoms with E-state index >= 15 is 0 Å². The Bertz CT molecular complexity index is 225. The van der Waals surface area contributed by atoms with Crippen molar-refractivity contribution in [3.63, 3.8) is 0 Å². The number of hydrogen-bond acceptors (Lipinski definition) is 2. The van der Waals surface area contributed by atoms with Gasteiger partial charge in [-0.3, -0.25) is 0 Å². The summed E-state index contributed by atoms with van der Waals surface area (Å²) in [4.78, 5) is 11.9. The molecule has 1 rings (SSSR count). The van der Waals surface area contributed by atoms with E-state index < -0.39 is 5.60 Å². The van der Waals surface area contributed by atoms with E-state index in [9.17, 15) is 4.79 Å². The summed E-state index contributed by atoms with van der Waals surface area (Å²) in [6, 6.07) is 0. The summed E-state index contributed by atoms with van der Waals surface area (Å²) < 4.78 is 5.17. The summed E-state index contributed by atoms with van der Waals surface area (Å²) in [5, 5.41) is 2.82. The molecule has 1 amide bonds. The quantitative estimate of drug-likeness (QED) is 0.788. The van der Waals surface area contributed by atoms with Crippen LogP contribution in [0.1, 0.15) is 40.0 Å². The third kappa shape index (κ3) is 4.87. The average Bonchev–Trinajstić information content (AvgIpc) is 2.44. The second-order valence-electron chi connectivity index (χ2n) is 5.09. The highest BCUT2D eigenvalue weighted by Crippen LogP contribution is 2.30. The lowest BCUT2D eigenvalue weighted by atomic mass is 10.1. The molecule has 0 bridgehead atoms. The highest BCUT2D eigenvalue weighted by atomic mass is 79.9. The Hall–Kier alpha value is -0.250. The van der Waals surface area contributed by atoms with E-state index in [4.69, 9.17) is 4.74 Å². The number of amides is 1. The van der Waals surface area contributed by atoms with Crippen molar-refractivity contribution in [3.05, 3.63) is 0 Å². The lowest BCUT2D eigenvalue weighted by Gasteiger charge is -2.21. The van der Waals surface area contributed by atoms with Gasteiger partial charge < -0.3 is 10.1 Å². The van der Waals surface area contributed by atoms with Gasteiger partial charge in [-0.25, -0.2) is 4.79 Å². The minimum Gasteiger partial charge on any atom is -0.444 e. The van der Waals surface area contributed by atoms with E-state index in [-0.39, 0.29) is 6.09 Å². The molecule has 0 heterocycles. The van der Waals surface area contributed by atoms with Crippen molar-refractivity contribution in [2.75, 3.05) is 6.54 Å². The zero-order valence-corrected chi connectivity index (χ0v) is 11.3. The fourth-order valence-electron chi connectivity index (χ4n) is 1.75. The van der Waals surface area contributed by atoms with Crippen LogP contribution in [0.5, 0.6) is 0 Å². The predicted molar refractivity (Wildman–Crippen MR) is 64.3 cm³/mol. The van der Waals surface area contributed by atoms with Gasteiger partial charge in [-0.2, -0.15) is 0 Å². The summed E-state index contributed by atoms with van der Waals surface area (Å²) >= 11 is 3.62. The zero-order valence-electron chi connectivity index (χ0n) is 9.68. The molecule has 0 aromatic heterocycles. The number of hydrogen-bond donors (Lipinski definition) is 1. The minimum absolute atomic E-state index is 0.311. The van der Waals surface area contributed by atoms with Crippen molar-refractivity contribution in [1.82, 2.24) is 5.32 Å². The molecule has 88 valence electrons. The largest absolute Gasteiger partial charge is 0.444 e. The number of nitrogens with one attached hydrogen (secondary N) is 1. The molecule has 1 aliphatic rings. The van der Waals surface area contributed by atoms with Gasteiger partial charge in [0.2, 0.25) is 0 Å². The van der Waals surface area contributed by atoms with Crippen molar-refractivity contribution in [2.24, 2.45) is 5.92 Å². The Morgan fingerprint density at radius 3 is 2.60 bits per heavy atom. The van der Waals surface area contributed by atoms with Gasteiger partial charge in [-0.05, 0) is 39.5 Å². The monoisotopic (exact) mass is 277 g/mol. The predicted octanol–water partition coefficient (Wildman–Crippen LogP) is 3.07. The molecule has 2 unspecified atom stereocenters. The third-order valence-corrected chi connectivity index (χ3v) is 3.68. The Morgan fingerprint density at radius 1 is 1.47 bits per heavy atom. The van der Waals surface area contributed by atoms with Crippen molar-refractivity contribution in [3.8, 4) is 0 Å². The first-order valence-corrected chi connectivity index (χ1v) is 6.41. The average molecular weight is 278 g/mol. The van der Waals surface area contributed by atoms with Gasteiger partial charge in [0.1, 0.15) is 5.60 Å². The molecule has 4 heteroatoms. The summed E-state index contributed by atoms with van der Waals surface area (Å²) in [5.74, 6) is 0.553. The van der Waals surface area contributed by atoms with Crippen LogP contribution in [0.3, 0.4) is 0 Å². The normalized spacial score (nSPS) is 26.4. The maximum atomic E-state index is 11.4. The van der Waals surface area contributed by atoms with E-state index in [0.717, 1.165) is 0 Å². The molecular formula is C11H20BrNO2. The highest BCUT2D eigenvalue weighted by molar-refractivity contribution is 9.09. The number of carbonyl (C=O) groups is 1. The van der Waals surface area contributed by atoms with Crippen LogP contribution in [0.4, 0.5) is 4.79 Å². The highest BCUT2D eigenvalue weighted by Gasteiger charge is 2.25. The van der Waals surface area contributed by atoms with Crippen LogP contribution in [0.2, 0.25) is 0 Å². The molecule has 2 atom stereocenters. The van der Waals surface area contributed by atoms with Gasteiger partial charge in [-0.15, -0.1) is 0 Å². The van der Waals surface area contributed by atoms with Gasteiger partial charge >= 0.3 is 6.09 Å². The van der Waals surface area contributed by atoms with Crippen LogP contribution >= 0.6 is 15.9 Å². The first-order valence-electron chi connectivity index (χ1n) is 5.49. The number of alkyl halides is 1. The molecule has 0 spiro atoms. The summed E-state index contributed by atoms with van der Waals surface area (Å²) in [6.45, 7) is 6.32. The van der Waals surface area contributed by atoms with E-state index in [2.05, 4.69) is 21.2 Å². The van der Waals surface area contributed by atoms with Crippen molar-refractivity contribution in [1.29, 1.82) is 0 Å². The molecule has 1 fully saturated rings. The first kappa shape index (κ1) is 12.8. The molecule has 1 N–H and O–H groups in total. The molecule has 3 nitrogen and oxygen atoms in total. The molecule has 0 aromatic rings. The summed E-state index contributed by atoms with van der Waals surface area (Å²) in [7, 11) is 0. The molecule has 1 saturated carbocycles. The minimum atomic E-state index is -0.409. The number of halogens is 1. The topological polar surface area (TPSA) is 38.3 Å². The molecule has 15 heavy (non-hydrogen) atoms. The molecule has 0 aliphatic heterocycles. The maximum absolute atomic E-state index is 11.4. The Labute approximate surface area is 100 Å². The van der Waals surface area contributed by atoms with Crippen LogP contribution in [0.15, 0.2) is 0 Å². The Balaban J connectivity index is 2.22. The Morgan fingerprint density at radius 2 is 2.13 bits per heavy atom. The fourth-order valence-corrected chi connectivity index (χ4v) is 2.53. The van der Waals surface area contributed by atoms with E-state index in [1.807, 2.05) is 20.8 Å². The second kappa shape index (κ2) is 5.19. The summed E-state index contributed by atoms with van der Waals surface area (Å²) in [6.07, 6.45) is 3.33. The second-order valence-corrected chi connectivity index (χ2v) is 6.27. The van der Waals surface area contributed by atoms with Gasteiger partial charge in [-0.1, -0.05) is 22.4 Å². The lowest BCUT2D eigenvalue weighted by molar-refractivity contribution is 0.0520. The van der Waals surface area contributed by atoms with Crippen molar-refractivity contribution in [2.45, 2.75) is 50.5 Å². The number of ether oxygens (including phenoxy) is 1. The fraction of sp³-hybridized carbons (Fsp3) is 0.909. The Kier molecular flexibility index (Phi) is 4.44. The van der Waals surface area contributed by atoms with Crippen LogP contribution in [0, 0.1) is 5.92 Å².